The molecule has 1 aliphatic heterocycles. The van der Waals surface area contributed by atoms with Crippen LogP contribution in [0, 0.1) is 5.92 Å². The van der Waals surface area contributed by atoms with Crippen LogP contribution in [0.3, 0.4) is 0 Å². The van der Waals surface area contributed by atoms with Gasteiger partial charge in [-0.1, -0.05) is 30.3 Å². The van der Waals surface area contributed by atoms with Crippen LogP contribution < -0.4 is 5.32 Å². The zero-order chi connectivity index (χ0) is 21.4. The van der Waals surface area contributed by atoms with E-state index in [1.54, 1.807) is 4.90 Å². The van der Waals surface area contributed by atoms with Gasteiger partial charge in [-0.25, -0.2) is 14.4 Å². The maximum absolute atomic E-state index is 12.1. The van der Waals surface area contributed by atoms with Crippen molar-refractivity contribution in [1.82, 2.24) is 10.2 Å². The Bertz CT molecular complexity index is 693. The fourth-order valence-electron chi connectivity index (χ4n) is 3.14. The maximum Gasteiger partial charge on any atom is 0.410 e. The number of likely N-dealkylation sites (tertiary alicyclic amines) is 1. The zero-order valence-corrected chi connectivity index (χ0v) is 17.2. The third-order valence-corrected chi connectivity index (χ3v) is 4.64. The van der Waals surface area contributed by atoms with Crippen molar-refractivity contribution in [1.29, 1.82) is 0 Å². The molecule has 0 aromatic heterocycles. The first kappa shape index (κ1) is 22.5. The molecule has 0 aliphatic carbocycles. The van der Waals surface area contributed by atoms with Crippen molar-refractivity contribution in [2.24, 2.45) is 5.92 Å². The lowest BCUT2D eigenvalue weighted by molar-refractivity contribution is -0.140. The molecule has 0 saturated carbocycles. The number of carboxylic acids is 1. The lowest BCUT2D eigenvalue weighted by atomic mass is 9.90. The van der Waals surface area contributed by atoms with Gasteiger partial charge in [-0.3, -0.25) is 0 Å². The summed E-state index contributed by atoms with van der Waals surface area (Å²) < 4.78 is 10.5. The minimum absolute atomic E-state index is 0.0767. The molecule has 1 atom stereocenters. The summed E-state index contributed by atoms with van der Waals surface area (Å²) in [5.74, 6) is -1.01. The quantitative estimate of drug-likeness (QED) is 0.750. The second-order valence-electron chi connectivity index (χ2n) is 8.24. The van der Waals surface area contributed by atoms with E-state index in [4.69, 9.17) is 9.47 Å². The number of carbonyl (C=O) groups excluding carboxylic acids is 2. The number of nitrogens with zero attached hydrogens (tertiary/aromatic N) is 1. The number of hydrogen-bond donors (Lipinski definition) is 2. The van der Waals surface area contributed by atoms with Crippen LogP contribution in [-0.4, -0.2) is 52.9 Å². The van der Waals surface area contributed by atoms with Crippen LogP contribution in [0.2, 0.25) is 0 Å². The molecule has 29 heavy (non-hydrogen) atoms. The Hall–Kier alpha value is -2.77. The summed E-state index contributed by atoms with van der Waals surface area (Å²) in [5.41, 5.74) is 0.274. The maximum atomic E-state index is 12.1. The van der Waals surface area contributed by atoms with Crippen molar-refractivity contribution in [2.75, 3.05) is 13.1 Å². The fourth-order valence-corrected chi connectivity index (χ4v) is 3.14. The van der Waals surface area contributed by atoms with Gasteiger partial charge in [0, 0.05) is 13.1 Å². The van der Waals surface area contributed by atoms with Crippen molar-refractivity contribution in [3.05, 3.63) is 35.9 Å². The topological polar surface area (TPSA) is 105 Å². The average Bonchev–Trinajstić information content (AvgIpc) is 2.66. The van der Waals surface area contributed by atoms with Crippen molar-refractivity contribution < 1.29 is 29.0 Å². The lowest BCUT2D eigenvalue weighted by Gasteiger charge is -2.34. The highest BCUT2D eigenvalue weighted by Gasteiger charge is 2.30. The summed E-state index contributed by atoms with van der Waals surface area (Å²) in [4.78, 5) is 37.3. The van der Waals surface area contributed by atoms with Gasteiger partial charge in [0.2, 0.25) is 0 Å². The van der Waals surface area contributed by atoms with Crippen molar-refractivity contribution in [3.8, 4) is 0 Å². The van der Waals surface area contributed by atoms with E-state index in [0.717, 1.165) is 5.56 Å². The van der Waals surface area contributed by atoms with Gasteiger partial charge < -0.3 is 24.8 Å². The van der Waals surface area contributed by atoms with Crippen LogP contribution in [0.15, 0.2) is 30.3 Å². The van der Waals surface area contributed by atoms with E-state index in [1.165, 1.54) is 0 Å². The molecule has 8 nitrogen and oxygen atoms in total. The lowest BCUT2D eigenvalue weighted by Crippen LogP contribution is -2.45. The standard InChI is InChI=1S/C21H30N2O6/c1-21(2,3)29-20(27)23-11-9-15(10-12-23)13-17(18(24)25)22-19(26)28-14-16-7-5-4-6-8-16/h4-8,15,17H,9-14H2,1-3H3,(H,22,26)(H,24,25)/t17-/m1/s1. The van der Waals surface area contributed by atoms with Gasteiger partial charge in [0.25, 0.3) is 0 Å². The molecule has 2 N–H and O–H groups in total. The number of aliphatic carboxylic acids is 1. The molecule has 0 bridgehead atoms. The molecule has 8 heteroatoms. The Morgan fingerprint density at radius 2 is 1.79 bits per heavy atom. The fraction of sp³-hybridized carbons (Fsp3) is 0.571. The Labute approximate surface area is 171 Å². The Morgan fingerprint density at radius 3 is 2.34 bits per heavy atom. The predicted octanol–water partition coefficient (Wildman–Crippen LogP) is 3.40. The average molecular weight is 406 g/mol. The summed E-state index contributed by atoms with van der Waals surface area (Å²) in [6.45, 7) is 6.54. The largest absolute Gasteiger partial charge is 0.480 e. The van der Waals surface area contributed by atoms with Crippen LogP contribution >= 0.6 is 0 Å². The summed E-state index contributed by atoms with van der Waals surface area (Å²) >= 11 is 0. The van der Waals surface area contributed by atoms with Crippen molar-refractivity contribution in [2.45, 2.75) is 58.3 Å². The van der Waals surface area contributed by atoms with Gasteiger partial charge >= 0.3 is 18.2 Å². The third kappa shape index (κ3) is 8.01. The van der Waals surface area contributed by atoms with E-state index < -0.39 is 23.7 Å². The van der Waals surface area contributed by atoms with Gasteiger partial charge in [-0.05, 0) is 51.5 Å². The number of rotatable bonds is 6. The second kappa shape index (κ2) is 10.1. The van der Waals surface area contributed by atoms with E-state index in [-0.39, 0.29) is 25.0 Å². The van der Waals surface area contributed by atoms with Crippen LogP contribution in [0.4, 0.5) is 9.59 Å². The number of carboxylic acid groups (broad SMARTS) is 1. The first-order valence-corrected chi connectivity index (χ1v) is 9.82. The Kier molecular flexibility index (Phi) is 7.87. The Balaban J connectivity index is 1.78. The van der Waals surface area contributed by atoms with Gasteiger partial charge in [0.15, 0.2) is 0 Å². The number of piperidine rings is 1. The SMILES string of the molecule is CC(C)(C)OC(=O)N1CCC(C[C@@H](NC(=O)OCc2ccccc2)C(=O)O)CC1. The van der Waals surface area contributed by atoms with E-state index in [9.17, 15) is 19.5 Å². The highest BCUT2D eigenvalue weighted by atomic mass is 16.6. The minimum atomic E-state index is -1.10. The van der Waals surface area contributed by atoms with Crippen molar-refractivity contribution in [3.63, 3.8) is 0 Å². The highest BCUT2D eigenvalue weighted by Crippen LogP contribution is 2.23. The highest BCUT2D eigenvalue weighted by molar-refractivity contribution is 5.79. The number of nitrogens with one attached hydrogen (secondary N) is 1. The van der Waals surface area contributed by atoms with E-state index in [0.29, 0.717) is 25.9 Å². The molecule has 1 fully saturated rings. The molecular formula is C21H30N2O6. The number of alkyl carbamates (subject to hydrolysis) is 1. The van der Waals surface area contributed by atoms with E-state index in [1.807, 2.05) is 51.1 Å². The van der Waals surface area contributed by atoms with Gasteiger partial charge in [-0.2, -0.15) is 0 Å². The third-order valence-electron chi connectivity index (χ3n) is 4.64. The second-order valence-corrected chi connectivity index (χ2v) is 8.24. The molecule has 2 amide bonds. The van der Waals surface area contributed by atoms with Gasteiger partial charge in [0.05, 0.1) is 0 Å². The smallest absolute Gasteiger partial charge is 0.410 e. The summed E-state index contributed by atoms with van der Waals surface area (Å²) in [7, 11) is 0. The number of hydrogen-bond acceptors (Lipinski definition) is 5. The first-order chi connectivity index (χ1) is 13.6. The van der Waals surface area contributed by atoms with E-state index >= 15 is 0 Å². The van der Waals surface area contributed by atoms with Crippen LogP contribution in [0.5, 0.6) is 0 Å². The van der Waals surface area contributed by atoms with Gasteiger partial charge in [-0.15, -0.1) is 0 Å². The molecule has 1 aliphatic rings. The Morgan fingerprint density at radius 1 is 1.17 bits per heavy atom. The zero-order valence-electron chi connectivity index (χ0n) is 17.2. The number of amides is 2. The molecule has 0 unspecified atom stereocenters. The first-order valence-electron chi connectivity index (χ1n) is 9.82. The predicted molar refractivity (Wildman–Crippen MR) is 106 cm³/mol. The monoisotopic (exact) mass is 406 g/mol. The molecule has 160 valence electrons. The summed E-state index contributed by atoms with van der Waals surface area (Å²) in [6.07, 6.45) is 0.492. The summed E-state index contributed by atoms with van der Waals surface area (Å²) in [6, 6.07) is 8.14. The number of benzene rings is 1. The molecule has 1 heterocycles. The molecule has 1 aromatic carbocycles. The molecular weight excluding hydrogens is 376 g/mol. The molecule has 0 spiro atoms. The van der Waals surface area contributed by atoms with Crippen LogP contribution in [-0.2, 0) is 20.9 Å². The van der Waals surface area contributed by atoms with Crippen LogP contribution in [0.1, 0.15) is 45.6 Å². The number of ether oxygens (including phenoxy) is 2. The summed E-state index contributed by atoms with van der Waals surface area (Å²) in [5, 5.41) is 11.9. The molecule has 1 saturated heterocycles. The van der Waals surface area contributed by atoms with E-state index in [2.05, 4.69) is 5.32 Å². The molecule has 1 aromatic rings. The number of carbonyl (C=O) groups is 3. The molecule has 0 radical (unpaired) electrons. The van der Waals surface area contributed by atoms with Gasteiger partial charge in [0.1, 0.15) is 18.2 Å². The normalized spacial score (nSPS) is 16.0. The van der Waals surface area contributed by atoms with Crippen molar-refractivity contribution >= 4 is 18.2 Å². The van der Waals surface area contributed by atoms with Crippen LogP contribution in [0.25, 0.3) is 0 Å². The molecule has 2 rings (SSSR count). The minimum Gasteiger partial charge on any atom is -0.480 e.